The topological polar surface area (TPSA) is 122 Å². The van der Waals surface area contributed by atoms with E-state index in [0.717, 1.165) is 4.90 Å². The summed E-state index contributed by atoms with van der Waals surface area (Å²) in [5, 5.41) is 8.46. The molecule has 3 rings (SSSR count). The predicted octanol–water partition coefficient (Wildman–Crippen LogP) is 2.22. The second-order valence-corrected chi connectivity index (χ2v) is 9.02. The summed E-state index contributed by atoms with van der Waals surface area (Å²) in [6.45, 7) is 0.564. The number of carbonyl (C=O) groups excluding carboxylic acids is 4. The van der Waals surface area contributed by atoms with Crippen molar-refractivity contribution in [1.29, 1.82) is 0 Å². The third-order valence-electron chi connectivity index (χ3n) is 5.82. The highest BCUT2D eigenvalue weighted by Crippen LogP contribution is 2.23. The molecule has 35 heavy (non-hydrogen) atoms. The molecular weight excluding hydrogens is 470 g/mol. The lowest BCUT2D eigenvalue weighted by atomic mass is 10.1. The van der Waals surface area contributed by atoms with Crippen molar-refractivity contribution in [1.82, 2.24) is 20.1 Å². The summed E-state index contributed by atoms with van der Waals surface area (Å²) < 4.78 is 6.31. The quantitative estimate of drug-likeness (QED) is 0.275. The van der Waals surface area contributed by atoms with Crippen LogP contribution in [0.25, 0.3) is 0 Å². The first kappa shape index (κ1) is 26.1. The van der Waals surface area contributed by atoms with Gasteiger partial charge in [-0.1, -0.05) is 6.07 Å². The third-order valence-corrected chi connectivity index (χ3v) is 6.54. The second kappa shape index (κ2) is 12.3. The Bertz CT molecular complexity index is 1070. The Morgan fingerprint density at radius 2 is 1.97 bits per heavy atom. The SMILES string of the molecule is COC(=O)CCCNC(=O)[C@@H]1[C@@H](NC(=O)Nc2cccc(SC)c2)CCN1C(=O)c1cccn1C. The fourth-order valence-electron chi connectivity index (χ4n) is 4.01. The summed E-state index contributed by atoms with van der Waals surface area (Å²) in [7, 11) is 3.07. The molecule has 0 aliphatic carbocycles. The molecule has 1 aliphatic rings. The van der Waals surface area contributed by atoms with Gasteiger partial charge in [0.15, 0.2) is 0 Å². The van der Waals surface area contributed by atoms with Crippen LogP contribution >= 0.6 is 11.8 Å². The zero-order valence-electron chi connectivity index (χ0n) is 20.1. The number of aryl methyl sites for hydroxylation is 1. The monoisotopic (exact) mass is 501 g/mol. The number of ether oxygens (including phenoxy) is 1. The van der Waals surface area contributed by atoms with Crippen LogP contribution in [0.2, 0.25) is 0 Å². The molecule has 2 atom stereocenters. The van der Waals surface area contributed by atoms with Gasteiger partial charge in [0.1, 0.15) is 11.7 Å². The van der Waals surface area contributed by atoms with Gasteiger partial charge in [-0.3, -0.25) is 14.4 Å². The highest BCUT2D eigenvalue weighted by Gasteiger charge is 2.43. The van der Waals surface area contributed by atoms with Crippen molar-refractivity contribution in [3.05, 3.63) is 48.3 Å². The minimum Gasteiger partial charge on any atom is -0.469 e. The van der Waals surface area contributed by atoms with Crippen LogP contribution in [0.15, 0.2) is 47.5 Å². The first-order valence-electron chi connectivity index (χ1n) is 11.3. The van der Waals surface area contributed by atoms with Crippen molar-refractivity contribution in [3.8, 4) is 0 Å². The molecule has 1 fully saturated rings. The zero-order chi connectivity index (χ0) is 25.4. The molecule has 0 unspecified atom stereocenters. The summed E-state index contributed by atoms with van der Waals surface area (Å²) in [6, 6.07) is 8.96. The fourth-order valence-corrected chi connectivity index (χ4v) is 4.47. The number of anilines is 1. The predicted molar refractivity (Wildman–Crippen MR) is 133 cm³/mol. The first-order valence-corrected chi connectivity index (χ1v) is 12.5. The molecule has 0 spiro atoms. The van der Waals surface area contributed by atoms with E-state index in [1.54, 1.807) is 47.8 Å². The number of methoxy groups -OCH3 is 1. The Balaban J connectivity index is 1.71. The van der Waals surface area contributed by atoms with Crippen LogP contribution < -0.4 is 16.0 Å². The minimum absolute atomic E-state index is 0.173. The molecular formula is C24H31N5O5S. The number of hydrogen-bond acceptors (Lipinski definition) is 6. The molecule has 0 saturated carbocycles. The number of amides is 4. The molecule has 188 valence electrons. The summed E-state index contributed by atoms with van der Waals surface area (Å²) in [4.78, 5) is 53.0. The lowest BCUT2D eigenvalue weighted by Gasteiger charge is -2.28. The van der Waals surface area contributed by atoms with Gasteiger partial charge in [-0.2, -0.15) is 0 Å². The van der Waals surface area contributed by atoms with Gasteiger partial charge in [0.05, 0.1) is 13.2 Å². The number of nitrogens with zero attached hydrogens (tertiary/aromatic N) is 2. The van der Waals surface area contributed by atoms with E-state index in [-0.39, 0.29) is 30.7 Å². The van der Waals surface area contributed by atoms with Crippen LogP contribution in [-0.4, -0.2) is 71.8 Å². The number of thioether (sulfide) groups is 1. The zero-order valence-corrected chi connectivity index (χ0v) is 20.9. The number of aromatic nitrogens is 1. The molecule has 1 saturated heterocycles. The molecule has 1 aromatic carbocycles. The number of nitrogens with one attached hydrogen (secondary N) is 3. The second-order valence-electron chi connectivity index (χ2n) is 8.14. The molecule has 4 amide bonds. The van der Waals surface area contributed by atoms with Gasteiger partial charge in [-0.05, 0) is 49.4 Å². The van der Waals surface area contributed by atoms with E-state index in [1.165, 1.54) is 12.0 Å². The van der Waals surface area contributed by atoms with Gasteiger partial charge >= 0.3 is 12.0 Å². The maximum absolute atomic E-state index is 13.2. The standard InChI is InChI=1S/C24H31N5O5S/c1-28-13-6-9-19(28)23(32)29-14-11-18(21(29)22(31)25-12-5-10-20(30)34-2)27-24(33)26-16-7-4-8-17(15-16)35-3/h4,6-9,13,15,18,21H,5,10-12,14H2,1-3H3,(H,25,31)(H2,26,27,33)/t18-,21-/m0/s1. The average molecular weight is 502 g/mol. The van der Waals surface area contributed by atoms with Crippen LogP contribution in [0.1, 0.15) is 29.8 Å². The number of rotatable bonds is 9. The molecule has 0 radical (unpaired) electrons. The van der Waals surface area contributed by atoms with Crippen molar-refractivity contribution in [2.24, 2.45) is 7.05 Å². The van der Waals surface area contributed by atoms with Crippen molar-refractivity contribution in [2.75, 3.05) is 31.8 Å². The Morgan fingerprint density at radius 3 is 2.66 bits per heavy atom. The van der Waals surface area contributed by atoms with Gasteiger partial charge in [-0.25, -0.2) is 4.79 Å². The van der Waals surface area contributed by atoms with Crippen molar-refractivity contribution in [2.45, 2.75) is 36.2 Å². The van der Waals surface area contributed by atoms with Crippen molar-refractivity contribution < 1.29 is 23.9 Å². The summed E-state index contributed by atoms with van der Waals surface area (Å²) >= 11 is 1.56. The van der Waals surface area contributed by atoms with E-state index < -0.39 is 18.1 Å². The lowest BCUT2D eigenvalue weighted by Crippen LogP contribution is -2.55. The highest BCUT2D eigenvalue weighted by atomic mass is 32.2. The average Bonchev–Trinajstić information content (AvgIpc) is 3.47. The molecule has 11 heteroatoms. The van der Waals surface area contributed by atoms with E-state index in [4.69, 9.17) is 0 Å². The van der Waals surface area contributed by atoms with Crippen LogP contribution in [0, 0.1) is 0 Å². The van der Waals surface area contributed by atoms with Gasteiger partial charge in [-0.15, -0.1) is 11.8 Å². The number of urea groups is 1. The van der Waals surface area contributed by atoms with Crippen LogP contribution in [0.4, 0.5) is 10.5 Å². The Hall–Kier alpha value is -3.47. The first-order chi connectivity index (χ1) is 16.8. The molecule has 0 bridgehead atoms. The summed E-state index contributed by atoms with van der Waals surface area (Å²) in [5.41, 5.74) is 1.08. The van der Waals surface area contributed by atoms with E-state index in [1.807, 2.05) is 24.5 Å². The Morgan fingerprint density at radius 1 is 1.17 bits per heavy atom. The molecule has 2 aromatic rings. The Kier molecular flexibility index (Phi) is 9.18. The van der Waals surface area contributed by atoms with Crippen molar-refractivity contribution in [3.63, 3.8) is 0 Å². The smallest absolute Gasteiger partial charge is 0.319 e. The lowest BCUT2D eigenvalue weighted by molar-refractivity contribution is -0.140. The van der Waals surface area contributed by atoms with Crippen molar-refractivity contribution >= 4 is 41.3 Å². The fraction of sp³-hybridized carbons (Fsp3) is 0.417. The normalized spacial score (nSPS) is 17.1. The van der Waals surface area contributed by atoms with Crippen LogP contribution in [0.5, 0.6) is 0 Å². The minimum atomic E-state index is -0.890. The van der Waals surface area contributed by atoms with E-state index in [0.29, 0.717) is 30.8 Å². The van der Waals surface area contributed by atoms with Gasteiger partial charge in [0, 0.05) is 43.3 Å². The van der Waals surface area contributed by atoms with Crippen LogP contribution in [-0.2, 0) is 21.4 Å². The van der Waals surface area contributed by atoms with E-state index in [9.17, 15) is 19.2 Å². The largest absolute Gasteiger partial charge is 0.469 e. The number of esters is 1. The number of likely N-dealkylation sites (tertiary alicyclic amines) is 1. The maximum atomic E-state index is 13.2. The molecule has 3 N–H and O–H groups in total. The van der Waals surface area contributed by atoms with E-state index in [2.05, 4.69) is 20.7 Å². The summed E-state index contributed by atoms with van der Waals surface area (Å²) in [6.07, 6.45) is 4.71. The molecule has 10 nitrogen and oxygen atoms in total. The van der Waals surface area contributed by atoms with Gasteiger partial charge in [0.25, 0.3) is 5.91 Å². The maximum Gasteiger partial charge on any atom is 0.319 e. The highest BCUT2D eigenvalue weighted by molar-refractivity contribution is 7.98. The van der Waals surface area contributed by atoms with E-state index >= 15 is 0 Å². The molecule has 1 aromatic heterocycles. The van der Waals surface area contributed by atoms with Gasteiger partial charge in [0.2, 0.25) is 5.91 Å². The number of benzene rings is 1. The third kappa shape index (κ3) is 6.78. The number of carbonyl (C=O) groups is 4. The molecule has 1 aliphatic heterocycles. The molecule has 2 heterocycles. The number of hydrogen-bond donors (Lipinski definition) is 3. The summed E-state index contributed by atoms with van der Waals surface area (Å²) in [5.74, 6) is -1.03. The van der Waals surface area contributed by atoms with Gasteiger partial charge < -0.3 is 30.2 Å². The Labute approximate surface area is 208 Å². The van der Waals surface area contributed by atoms with Crippen LogP contribution in [0.3, 0.4) is 0 Å².